The second-order valence-electron chi connectivity index (χ2n) is 22.3. The number of aliphatic carboxylic acids is 1. The van der Waals surface area contributed by atoms with Crippen molar-refractivity contribution in [2.24, 2.45) is 0 Å². The summed E-state index contributed by atoms with van der Waals surface area (Å²) in [4.78, 5) is 64.9. The normalized spacial score (nSPS) is 10.8. The molecule has 0 spiro atoms. The van der Waals surface area contributed by atoms with Crippen LogP contribution in [0.5, 0.6) is 40.2 Å². The van der Waals surface area contributed by atoms with Gasteiger partial charge in [0.1, 0.15) is 81.0 Å². The number of aldehydes is 1. The van der Waals surface area contributed by atoms with Gasteiger partial charge in [-0.3, -0.25) is 14.4 Å². The fraction of sp³-hybridized carbons (Fsp3) is 0.372. The van der Waals surface area contributed by atoms with Gasteiger partial charge in [-0.25, -0.2) is 71.5 Å². The van der Waals surface area contributed by atoms with Crippen LogP contribution in [0, 0.1) is 47.6 Å². The van der Waals surface area contributed by atoms with Gasteiger partial charge < -0.3 is 94.3 Å². The number of hydrogen-bond acceptors (Lipinski definition) is 21. The Morgan fingerprint density at radius 2 is 0.803 bits per heavy atom. The average Bonchev–Trinajstić information content (AvgIpc) is 0.805. The van der Waals surface area contributed by atoms with E-state index in [0.717, 1.165) is 80.9 Å². The van der Waals surface area contributed by atoms with Crippen molar-refractivity contribution in [3.05, 3.63) is 210 Å². The van der Waals surface area contributed by atoms with Crippen molar-refractivity contribution in [1.82, 2.24) is 0 Å². The third-order valence-corrected chi connectivity index (χ3v) is 15.7. The number of aromatic hydroxyl groups is 5. The van der Waals surface area contributed by atoms with Crippen LogP contribution in [0.1, 0.15) is 186 Å². The van der Waals surface area contributed by atoms with Crippen LogP contribution in [0.15, 0.2) is 103 Å². The van der Waals surface area contributed by atoms with Crippen molar-refractivity contribution in [1.29, 1.82) is 0 Å². The Labute approximate surface area is 778 Å². The molecule has 7 rings (SSSR count). The van der Waals surface area contributed by atoms with Crippen LogP contribution in [-0.2, 0) is 64.1 Å². The number of halogens is 18. The van der Waals surface area contributed by atoms with Crippen molar-refractivity contribution in [2.75, 3.05) is 21.3 Å². The summed E-state index contributed by atoms with van der Waals surface area (Å²) in [6, 6.07) is 16.5. The zero-order valence-corrected chi connectivity index (χ0v) is 78.2. The van der Waals surface area contributed by atoms with Gasteiger partial charge in [-0.15, -0.1) is 0 Å². The number of carboxylic acid groups (broad SMARTS) is 1. The van der Waals surface area contributed by atoms with Crippen molar-refractivity contribution in [3.8, 4) is 40.2 Å². The molecule has 7 aromatic rings. The van der Waals surface area contributed by atoms with Gasteiger partial charge in [0.25, 0.3) is 17.8 Å². The number of benzene rings is 7. The molecule has 0 radical (unpaired) electrons. The molecule has 1 unspecified atom stereocenters. The number of carbonyl (C=O) groups is 6. The minimum absolute atomic E-state index is 0. The Bertz CT molecular complexity index is 4330. The van der Waals surface area contributed by atoms with E-state index in [1.165, 1.54) is 59.1 Å². The second kappa shape index (κ2) is 69.6. The quantitative estimate of drug-likeness (QED) is 0.00717. The molecule has 679 valence electrons. The summed E-state index contributed by atoms with van der Waals surface area (Å²) in [6.45, 7) is 18.7. The number of ether oxygens (including phenoxy) is 4. The first-order valence-electron chi connectivity index (χ1n) is 34.2. The standard InChI is InChI=1S/C14H16ClF3O3.C13H14ClF3O3.C9H8ClF3O.C9H8ClFO2.C9H11FO2.C9H9FO2.C7H5FO2.C5H10O3.C2H5.CH4O.BrH.Mg.Mn.Na.H2O.2O.H2S/c1-4-11(13(19)20-3)21-12-7-10(16)9(15)6-8(12)14(17,18)5-2;1-3-10(12(18)19)20-11-6-9(15)8(14)5-7(11)13(16,17)4-2;1-2-9(12,13)5-3-6(10)7(11)4-8(5)14;1-2-8(12)5-3-6(10)7(11)4-9(5)13;2*1-2-8(11)7-4-3-6(10)5-9(7)12;8-6-2-1-5(4-9)7(10)3-6;1-3-4(6)5(7)8-2;2*1-2;;;;;;;;/h6-7,11H,4-5H2,1-3H3;5-6,10H,3-4H2,1-2H3,(H,18,19);3-4,14H,2H2,1H3;3-4,13H,2H2,1H3;3-5,8,11-12H,2H2,1H3;3-5,12H,2H2,1H3;1-4,10H;4,6H,3H2,1-2H3;1H2,2H3;2H,1H3;1H;;;;1H2;;;1H2/q;;;;;;;;-1;;;+2;;+1;;;;/p-2/t11-;10-;;;;;;4-;;;;;;;;;;/m00.....1........../s1. The molecule has 10 N–H and O–H groups in total. The molecule has 4 atom stereocenters. The molecule has 0 aliphatic rings. The van der Waals surface area contributed by atoms with Crippen LogP contribution in [-0.4, -0.2) is 150 Å². The predicted octanol–water partition coefficient (Wildman–Crippen LogP) is 14.1. The second-order valence-corrected chi connectivity index (χ2v) is 24.2. The van der Waals surface area contributed by atoms with E-state index in [9.17, 15) is 101 Å². The van der Waals surface area contributed by atoms with Gasteiger partial charge >= 0.3 is 93.0 Å². The van der Waals surface area contributed by atoms with Crippen molar-refractivity contribution in [2.45, 2.75) is 169 Å². The summed E-state index contributed by atoms with van der Waals surface area (Å²) in [6.07, 6.45) is -3.47. The van der Waals surface area contributed by atoms with E-state index in [1.807, 2.05) is 0 Å². The molecule has 0 aromatic heterocycles. The average molecular weight is 1990 g/mol. The van der Waals surface area contributed by atoms with Crippen molar-refractivity contribution >= 4 is 119 Å². The molecular weight excluding hydrogens is 1890 g/mol. The predicted molar refractivity (Wildman–Crippen MR) is 422 cm³/mol. The van der Waals surface area contributed by atoms with Gasteiger partial charge in [0.2, 0.25) is 0 Å². The van der Waals surface area contributed by atoms with Crippen LogP contribution in [0.25, 0.3) is 0 Å². The summed E-state index contributed by atoms with van der Waals surface area (Å²) < 4.78 is 207. The van der Waals surface area contributed by atoms with Gasteiger partial charge in [-0.05, 0) is 86.3 Å². The van der Waals surface area contributed by atoms with Crippen LogP contribution >= 0.6 is 59.9 Å². The van der Waals surface area contributed by atoms with E-state index in [-0.39, 0.29) is 164 Å². The van der Waals surface area contributed by atoms with Gasteiger partial charge in [0.15, 0.2) is 36.2 Å². The summed E-state index contributed by atoms with van der Waals surface area (Å²) in [5.41, 5.74) is -1.11. The number of methoxy groups -OCH3 is 2. The number of carbonyl (C=O) groups excluding carboxylic acids is 5. The first-order valence-corrected chi connectivity index (χ1v) is 36.7. The third-order valence-electron chi connectivity index (χ3n) is 14.6. The Balaban J connectivity index is -0.000000170. The van der Waals surface area contributed by atoms with Gasteiger partial charge in [-0.1, -0.05) is 109 Å². The number of carboxylic acids is 1. The van der Waals surface area contributed by atoms with Crippen LogP contribution in [0.2, 0.25) is 20.1 Å². The van der Waals surface area contributed by atoms with E-state index in [0.29, 0.717) is 43.2 Å². The molecule has 22 nitrogen and oxygen atoms in total. The number of esters is 2. The molecule has 0 aliphatic carbocycles. The van der Waals surface area contributed by atoms with Crippen molar-refractivity contribution in [3.63, 3.8) is 0 Å². The van der Waals surface area contributed by atoms with Gasteiger partial charge in [-0.2, -0.15) is 20.4 Å². The van der Waals surface area contributed by atoms with E-state index >= 15 is 0 Å². The molecule has 44 heteroatoms. The van der Waals surface area contributed by atoms with E-state index in [2.05, 4.69) is 16.4 Å². The fourth-order valence-corrected chi connectivity index (χ4v) is 8.74. The molecule has 0 fully saturated rings. The summed E-state index contributed by atoms with van der Waals surface area (Å²) in [7, 11) is 3.40. The number of hydrogen-bond donors (Lipinski definition) is 9. The van der Waals surface area contributed by atoms with Crippen LogP contribution < -0.4 is 56.0 Å². The summed E-state index contributed by atoms with van der Waals surface area (Å²) >= 11 is 20.4. The summed E-state index contributed by atoms with van der Waals surface area (Å²) in [5.74, 6) is -20.7. The Morgan fingerprint density at radius 3 is 1.13 bits per heavy atom. The monoisotopic (exact) mass is 1980 g/mol. The maximum atomic E-state index is 13.9. The number of phenols is 5. The molecule has 0 saturated carbocycles. The topological polar surface area (TPSA) is 386 Å². The molecule has 0 heterocycles. The number of alkyl halides is 6. The molecule has 0 saturated heterocycles. The first-order chi connectivity index (χ1) is 54.6. The summed E-state index contributed by atoms with van der Waals surface area (Å²) in [5, 5.41) is 77.8. The van der Waals surface area contributed by atoms with Gasteiger partial charge in [0, 0.05) is 87.2 Å². The van der Waals surface area contributed by atoms with Crippen molar-refractivity contribution < 1.29 is 225 Å². The third kappa shape index (κ3) is 47.6. The molecule has 0 aliphatic heterocycles. The first kappa shape index (κ1) is 133. The maximum absolute atomic E-state index is 13.9. The SMILES string of the molecule is CCC(=O)c1cc(Cl)c(F)cc1O.CCC(=O)c1ccc(F)cc1O.CCC(F)(F)c1cc(Cl)c(F)cc1O.CCC(O)c1ccc(F)cc1O.CC[C@@H](O)C(=O)OC.CC[C@H](Oc1cc(F)c(Cl)cc1C(F)(F)CC)C(=O)O.CC[C@H](Oc1cc(F)c(Cl)cc1C(F)(F)CC)C(=O)OC.CO.O=Cc1ccc(F)cc1O.S.[Br-].[CH2-]C.[Mg+2].[Na+].[OH-].[O]=[Mn]=[O]. The molecule has 0 bridgehead atoms. The molecular formula is C78H93BrCl4F13MgMnNaO22S. The zero-order chi connectivity index (χ0) is 91.8. The number of Topliss-reactive ketones (excluding diaryl/α,β-unsaturated/α-hetero) is 2. The Morgan fingerprint density at radius 1 is 0.475 bits per heavy atom. The Kier molecular flexibility index (Phi) is 76.0. The fourth-order valence-electron chi connectivity index (χ4n) is 8.09. The zero-order valence-electron chi connectivity index (χ0n) is 68.0. The number of aliphatic hydroxyl groups excluding tert-OH is 3. The number of phenolic OH excluding ortho intramolecular Hbond substituents is 5. The van der Waals surface area contributed by atoms with Crippen LogP contribution in [0.3, 0.4) is 0 Å². The number of rotatable bonds is 23. The van der Waals surface area contributed by atoms with E-state index in [1.54, 1.807) is 41.5 Å². The van der Waals surface area contributed by atoms with E-state index < -0.39 is 184 Å². The van der Waals surface area contributed by atoms with Gasteiger partial charge in [0.05, 0.1) is 73.8 Å². The number of ketones is 2. The molecule has 122 heavy (non-hydrogen) atoms. The molecule has 7 aromatic carbocycles. The van der Waals surface area contributed by atoms with E-state index in [4.69, 9.17) is 94.2 Å². The number of aliphatic hydroxyl groups is 3. The molecule has 0 amide bonds. The van der Waals surface area contributed by atoms with Crippen LogP contribution in [0.4, 0.5) is 57.1 Å². The minimum atomic E-state index is -3.29. The Hall–Kier alpha value is -6.63.